The van der Waals surface area contributed by atoms with Crippen LogP contribution in [0.15, 0.2) is 53.4 Å². The molecule has 2 aromatic rings. The first kappa shape index (κ1) is 18.2. The van der Waals surface area contributed by atoms with Crippen molar-refractivity contribution in [2.75, 3.05) is 0 Å². The Hall–Kier alpha value is -2.18. The van der Waals surface area contributed by atoms with Gasteiger partial charge in [0.15, 0.2) is 5.78 Å². The van der Waals surface area contributed by atoms with Gasteiger partial charge in [-0.2, -0.15) is 0 Å². The monoisotopic (exact) mass is 365 g/mol. The van der Waals surface area contributed by atoms with E-state index in [4.69, 9.17) is 11.6 Å². The highest BCUT2D eigenvalue weighted by atomic mass is 35.5. The second-order valence-corrected chi connectivity index (χ2v) is 7.35. The van der Waals surface area contributed by atoms with Gasteiger partial charge >= 0.3 is 0 Å². The zero-order valence-corrected chi connectivity index (χ0v) is 14.5. The lowest BCUT2D eigenvalue weighted by atomic mass is 10.1. The zero-order valence-electron chi connectivity index (χ0n) is 13.0. The van der Waals surface area contributed by atoms with Crippen LogP contribution >= 0.6 is 11.6 Å². The number of carbonyl (C=O) groups is 2. The van der Waals surface area contributed by atoms with Gasteiger partial charge in [0.2, 0.25) is 5.91 Å². The van der Waals surface area contributed by atoms with Gasteiger partial charge in [0.25, 0.3) is 10.0 Å². The van der Waals surface area contributed by atoms with Crippen LogP contribution in [0.4, 0.5) is 0 Å². The molecular weight excluding hydrogens is 350 g/mol. The maximum Gasteiger partial charge on any atom is 0.264 e. The SMILES string of the molecule is CC(=O)c1ccc(S(=O)(=O)NC(=O)CCc2ccc(Cl)cc2)cc1. The number of aryl methyl sites for hydroxylation is 1. The van der Waals surface area contributed by atoms with Crippen molar-refractivity contribution in [1.29, 1.82) is 0 Å². The quantitative estimate of drug-likeness (QED) is 0.798. The number of sulfonamides is 1. The first-order chi connectivity index (χ1) is 11.3. The number of rotatable bonds is 6. The topological polar surface area (TPSA) is 80.3 Å². The number of halogens is 1. The van der Waals surface area contributed by atoms with Gasteiger partial charge in [-0.05, 0) is 43.2 Å². The Morgan fingerprint density at radius 2 is 1.58 bits per heavy atom. The van der Waals surface area contributed by atoms with Crippen molar-refractivity contribution in [1.82, 2.24) is 4.72 Å². The van der Waals surface area contributed by atoms with Crippen molar-refractivity contribution in [3.63, 3.8) is 0 Å². The summed E-state index contributed by atoms with van der Waals surface area (Å²) in [5, 5.41) is 0.597. The highest BCUT2D eigenvalue weighted by Gasteiger charge is 2.17. The predicted molar refractivity (Wildman–Crippen MR) is 91.5 cm³/mol. The summed E-state index contributed by atoms with van der Waals surface area (Å²) in [5.41, 5.74) is 1.29. The summed E-state index contributed by atoms with van der Waals surface area (Å²) in [6.45, 7) is 1.39. The van der Waals surface area contributed by atoms with Crippen LogP contribution < -0.4 is 4.72 Å². The van der Waals surface area contributed by atoms with Crippen molar-refractivity contribution in [2.24, 2.45) is 0 Å². The van der Waals surface area contributed by atoms with Crippen LogP contribution in [0.3, 0.4) is 0 Å². The summed E-state index contributed by atoms with van der Waals surface area (Å²) >= 11 is 5.78. The Labute approximate surface area is 145 Å². The summed E-state index contributed by atoms with van der Waals surface area (Å²) in [6.07, 6.45) is 0.439. The van der Waals surface area contributed by atoms with Crippen LogP contribution in [-0.2, 0) is 21.2 Å². The van der Waals surface area contributed by atoms with Gasteiger partial charge in [0.05, 0.1) is 4.90 Å². The summed E-state index contributed by atoms with van der Waals surface area (Å²) in [4.78, 5) is 23.0. The lowest BCUT2D eigenvalue weighted by Gasteiger charge is -2.07. The van der Waals surface area contributed by atoms with Crippen molar-refractivity contribution in [2.45, 2.75) is 24.7 Å². The minimum absolute atomic E-state index is 0.0341. The summed E-state index contributed by atoms with van der Waals surface area (Å²) in [5.74, 6) is -0.758. The number of ketones is 1. The summed E-state index contributed by atoms with van der Waals surface area (Å²) < 4.78 is 26.3. The maximum absolute atomic E-state index is 12.1. The zero-order chi connectivity index (χ0) is 17.7. The molecule has 1 amide bonds. The molecule has 0 saturated carbocycles. The number of Topliss-reactive ketones (excluding diaryl/α,β-unsaturated/α-hetero) is 1. The number of amides is 1. The summed E-state index contributed by atoms with van der Waals surface area (Å²) in [6, 6.07) is 12.4. The first-order valence-corrected chi connectivity index (χ1v) is 9.05. The molecule has 5 nitrogen and oxygen atoms in total. The van der Waals surface area contributed by atoms with E-state index in [0.29, 0.717) is 17.0 Å². The molecule has 126 valence electrons. The molecule has 0 radical (unpaired) electrons. The van der Waals surface area contributed by atoms with Crippen LogP contribution in [0.5, 0.6) is 0 Å². The normalized spacial score (nSPS) is 11.1. The Morgan fingerprint density at radius 3 is 2.12 bits per heavy atom. The molecule has 0 saturated heterocycles. The average Bonchev–Trinajstić information content (AvgIpc) is 2.54. The van der Waals surface area contributed by atoms with Gasteiger partial charge < -0.3 is 0 Å². The maximum atomic E-state index is 12.1. The van der Waals surface area contributed by atoms with E-state index in [1.807, 2.05) is 4.72 Å². The second kappa shape index (κ2) is 7.59. The van der Waals surface area contributed by atoms with Crippen molar-refractivity contribution < 1.29 is 18.0 Å². The third kappa shape index (κ3) is 4.91. The molecule has 0 aliphatic heterocycles. The van der Waals surface area contributed by atoms with Crippen LogP contribution in [0.2, 0.25) is 5.02 Å². The van der Waals surface area contributed by atoms with E-state index < -0.39 is 15.9 Å². The number of nitrogens with one attached hydrogen (secondary N) is 1. The van der Waals surface area contributed by atoms with Gasteiger partial charge in [-0.1, -0.05) is 35.9 Å². The van der Waals surface area contributed by atoms with E-state index in [2.05, 4.69) is 0 Å². The molecular formula is C17H16ClNO4S. The first-order valence-electron chi connectivity index (χ1n) is 7.19. The second-order valence-electron chi connectivity index (χ2n) is 5.24. The minimum Gasteiger partial charge on any atom is -0.295 e. The van der Waals surface area contributed by atoms with Crippen molar-refractivity contribution in [3.05, 3.63) is 64.7 Å². The molecule has 2 rings (SSSR count). The molecule has 0 atom stereocenters. The van der Waals surface area contributed by atoms with E-state index in [1.165, 1.54) is 31.2 Å². The molecule has 0 aromatic heterocycles. The predicted octanol–water partition coefficient (Wildman–Crippen LogP) is 2.98. The smallest absolute Gasteiger partial charge is 0.264 e. The van der Waals surface area contributed by atoms with Crippen LogP contribution in [0.1, 0.15) is 29.3 Å². The van der Waals surface area contributed by atoms with Crippen LogP contribution in [0.25, 0.3) is 0 Å². The van der Waals surface area contributed by atoms with Gasteiger partial charge in [-0.15, -0.1) is 0 Å². The van der Waals surface area contributed by atoms with E-state index in [1.54, 1.807) is 24.3 Å². The number of hydrogen-bond donors (Lipinski definition) is 1. The van der Waals surface area contributed by atoms with E-state index in [0.717, 1.165) is 5.56 Å². The fourth-order valence-electron chi connectivity index (χ4n) is 2.04. The third-order valence-electron chi connectivity index (χ3n) is 3.37. The minimum atomic E-state index is -3.95. The third-order valence-corrected chi connectivity index (χ3v) is 5.01. The van der Waals surface area contributed by atoms with E-state index in [9.17, 15) is 18.0 Å². The van der Waals surface area contributed by atoms with Gasteiger partial charge in [0, 0.05) is 17.0 Å². The fourth-order valence-corrected chi connectivity index (χ4v) is 3.18. The number of carbonyl (C=O) groups excluding carboxylic acids is 2. The van der Waals surface area contributed by atoms with Crippen molar-refractivity contribution in [3.8, 4) is 0 Å². The van der Waals surface area contributed by atoms with Gasteiger partial charge in [-0.3, -0.25) is 9.59 Å². The highest BCUT2D eigenvalue weighted by Crippen LogP contribution is 2.13. The molecule has 0 unspecified atom stereocenters. The van der Waals surface area contributed by atoms with E-state index in [-0.39, 0.29) is 17.1 Å². The summed E-state index contributed by atoms with van der Waals surface area (Å²) in [7, 11) is -3.95. The largest absolute Gasteiger partial charge is 0.295 e. The lowest BCUT2D eigenvalue weighted by Crippen LogP contribution is -2.30. The molecule has 0 spiro atoms. The molecule has 0 bridgehead atoms. The van der Waals surface area contributed by atoms with Gasteiger partial charge in [-0.25, -0.2) is 13.1 Å². The van der Waals surface area contributed by atoms with Crippen LogP contribution in [-0.4, -0.2) is 20.1 Å². The molecule has 7 heteroatoms. The standard InChI is InChI=1S/C17H16ClNO4S/c1-12(20)14-5-9-16(10-6-14)24(22,23)19-17(21)11-4-13-2-7-15(18)8-3-13/h2-3,5-10H,4,11H2,1H3,(H,19,21). The fraction of sp³-hybridized carbons (Fsp3) is 0.176. The molecule has 2 aromatic carbocycles. The van der Waals surface area contributed by atoms with Crippen molar-refractivity contribution >= 4 is 33.3 Å². The molecule has 0 aliphatic rings. The van der Waals surface area contributed by atoms with Crippen LogP contribution in [0, 0.1) is 0 Å². The average molecular weight is 366 g/mol. The lowest BCUT2D eigenvalue weighted by molar-refractivity contribution is -0.119. The highest BCUT2D eigenvalue weighted by molar-refractivity contribution is 7.90. The van der Waals surface area contributed by atoms with E-state index >= 15 is 0 Å². The molecule has 0 fully saturated rings. The number of benzene rings is 2. The van der Waals surface area contributed by atoms with Gasteiger partial charge in [0.1, 0.15) is 0 Å². The molecule has 0 heterocycles. The Balaban J connectivity index is 1.98. The molecule has 1 N–H and O–H groups in total. The number of hydrogen-bond acceptors (Lipinski definition) is 4. The molecule has 24 heavy (non-hydrogen) atoms. The Bertz CT molecular complexity index is 843. The molecule has 0 aliphatic carbocycles. The Morgan fingerprint density at radius 1 is 1.00 bits per heavy atom. The Kier molecular flexibility index (Phi) is 5.75.